The van der Waals surface area contributed by atoms with Crippen molar-refractivity contribution in [1.29, 1.82) is 0 Å². The summed E-state index contributed by atoms with van der Waals surface area (Å²) in [6.45, 7) is 4.25. The Morgan fingerprint density at radius 1 is 1.24 bits per heavy atom. The van der Waals surface area contributed by atoms with Gasteiger partial charge in [-0.25, -0.2) is 0 Å². The van der Waals surface area contributed by atoms with E-state index in [0.717, 1.165) is 37.7 Å². The highest BCUT2D eigenvalue weighted by Crippen LogP contribution is 2.56. The van der Waals surface area contributed by atoms with Crippen LogP contribution in [0, 0.1) is 11.3 Å². The zero-order valence-electron chi connectivity index (χ0n) is 12.8. The fourth-order valence-electron chi connectivity index (χ4n) is 4.95. The average molecular weight is 282 g/mol. The summed E-state index contributed by atoms with van der Waals surface area (Å²) in [4.78, 5) is 12.0. The van der Waals surface area contributed by atoms with Crippen molar-refractivity contribution < 1.29 is 9.90 Å². The molecule has 110 valence electrons. The zero-order chi connectivity index (χ0) is 14.8. The van der Waals surface area contributed by atoms with E-state index in [1.807, 2.05) is 6.92 Å². The normalized spacial score (nSPS) is 38.2. The Morgan fingerprint density at radius 3 is 2.86 bits per heavy atom. The van der Waals surface area contributed by atoms with Gasteiger partial charge in [-0.15, -0.1) is 0 Å². The molecule has 2 heteroatoms. The molecule has 0 saturated heterocycles. The summed E-state index contributed by atoms with van der Waals surface area (Å²) in [5.41, 5.74) is 6.61. The van der Waals surface area contributed by atoms with Crippen molar-refractivity contribution in [3.05, 3.63) is 46.1 Å². The van der Waals surface area contributed by atoms with Crippen LogP contribution in [0.4, 0.5) is 0 Å². The number of aliphatic hydroxyl groups is 1. The molecule has 3 unspecified atom stereocenters. The molecule has 0 saturated carbocycles. The number of fused-ring (bicyclic) bond motifs is 4. The fourth-order valence-corrected chi connectivity index (χ4v) is 4.95. The van der Waals surface area contributed by atoms with Crippen molar-refractivity contribution in [1.82, 2.24) is 0 Å². The van der Waals surface area contributed by atoms with Gasteiger partial charge in [0.2, 0.25) is 0 Å². The SMILES string of the molecule is CC1=C2CCC3=C(CCC4CC(O)C=C34)C2(C)C=CC1=O. The summed E-state index contributed by atoms with van der Waals surface area (Å²) in [5, 5.41) is 9.96. The number of aliphatic hydroxyl groups excluding tert-OH is 1. The molecule has 1 N–H and O–H groups in total. The average Bonchev–Trinajstić information content (AvgIpc) is 2.84. The summed E-state index contributed by atoms with van der Waals surface area (Å²) < 4.78 is 0. The summed E-state index contributed by atoms with van der Waals surface area (Å²) in [5.74, 6) is 0.735. The monoisotopic (exact) mass is 282 g/mol. The molecule has 4 aliphatic carbocycles. The second-order valence-corrected chi connectivity index (χ2v) is 7.12. The van der Waals surface area contributed by atoms with Gasteiger partial charge in [0.15, 0.2) is 5.78 Å². The van der Waals surface area contributed by atoms with Crippen LogP contribution in [0.5, 0.6) is 0 Å². The van der Waals surface area contributed by atoms with Crippen molar-refractivity contribution in [3.8, 4) is 0 Å². The second kappa shape index (κ2) is 4.30. The molecule has 0 aromatic heterocycles. The van der Waals surface area contributed by atoms with Crippen LogP contribution in [0.1, 0.15) is 46.0 Å². The molecule has 21 heavy (non-hydrogen) atoms. The van der Waals surface area contributed by atoms with E-state index in [-0.39, 0.29) is 17.3 Å². The summed E-state index contributed by atoms with van der Waals surface area (Å²) in [6, 6.07) is 0. The molecular weight excluding hydrogens is 260 g/mol. The molecule has 4 rings (SSSR count). The van der Waals surface area contributed by atoms with E-state index in [4.69, 9.17) is 0 Å². The lowest BCUT2D eigenvalue weighted by Gasteiger charge is -2.44. The molecule has 2 nitrogen and oxygen atoms in total. The predicted octanol–water partition coefficient (Wildman–Crippen LogP) is 3.64. The van der Waals surface area contributed by atoms with Gasteiger partial charge in [-0.1, -0.05) is 17.7 Å². The number of carbonyl (C=O) groups excluding carboxylic acids is 1. The molecule has 0 bridgehead atoms. The molecule has 3 atom stereocenters. The van der Waals surface area contributed by atoms with Crippen LogP contribution >= 0.6 is 0 Å². The first kappa shape index (κ1) is 13.3. The smallest absolute Gasteiger partial charge is 0.181 e. The van der Waals surface area contributed by atoms with Crippen LogP contribution in [0.25, 0.3) is 0 Å². The van der Waals surface area contributed by atoms with Gasteiger partial charge in [0.25, 0.3) is 0 Å². The second-order valence-electron chi connectivity index (χ2n) is 7.12. The van der Waals surface area contributed by atoms with Crippen LogP contribution in [-0.4, -0.2) is 17.0 Å². The number of hydrogen-bond donors (Lipinski definition) is 1. The molecule has 0 spiro atoms. The van der Waals surface area contributed by atoms with Gasteiger partial charge >= 0.3 is 0 Å². The predicted molar refractivity (Wildman–Crippen MR) is 82.6 cm³/mol. The van der Waals surface area contributed by atoms with E-state index in [0.29, 0.717) is 5.92 Å². The van der Waals surface area contributed by atoms with Crippen molar-refractivity contribution in [2.24, 2.45) is 11.3 Å². The van der Waals surface area contributed by atoms with Gasteiger partial charge < -0.3 is 5.11 Å². The topological polar surface area (TPSA) is 37.3 Å². The number of allylic oxidation sites excluding steroid dienone is 7. The van der Waals surface area contributed by atoms with E-state index in [9.17, 15) is 9.90 Å². The molecule has 4 aliphatic rings. The Labute approximate surface area is 125 Å². The minimum Gasteiger partial charge on any atom is -0.389 e. The summed E-state index contributed by atoms with van der Waals surface area (Å²) in [7, 11) is 0. The molecular formula is C19H22O2. The Hall–Kier alpha value is -1.41. The van der Waals surface area contributed by atoms with Crippen molar-refractivity contribution in [2.45, 2.75) is 52.1 Å². The molecule has 0 heterocycles. The van der Waals surface area contributed by atoms with Crippen LogP contribution in [0.15, 0.2) is 46.1 Å². The fraction of sp³-hybridized carbons (Fsp3) is 0.526. The minimum atomic E-state index is -0.258. The van der Waals surface area contributed by atoms with Gasteiger partial charge in [0.1, 0.15) is 0 Å². The zero-order valence-corrected chi connectivity index (χ0v) is 12.8. The van der Waals surface area contributed by atoms with Crippen LogP contribution in [-0.2, 0) is 4.79 Å². The Balaban J connectivity index is 1.87. The molecule has 0 aromatic carbocycles. The third kappa shape index (κ3) is 1.72. The quantitative estimate of drug-likeness (QED) is 0.736. The molecule has 0 aromatic rings. The van der Waals surface area contributed by atoms with Gasteiger partial charge in [-0.3, -0.25) is 4.79 Å². The number of ketones is 1. The largest absolute Gasteiger partial charge is 0.389 e. The van der Waals surface area contributed by atoms with E-state index in [2.05, 4.69) is 19.1 Å². The highest BCUT2D eigenvalue weighted by atomic mass is 16.3. The van der Waals surface area contributed by atoms with E-state index in [1.54, 1.807) is 6.08 Å². The first-order chi connectivity index (χ1) is 10.0. The number of hydrogen-bond acceptors (Lipinski definition) is 2. The number of carbonyl (C=O) groups is 1. The van der Waals surface area contributed by atoms with Gasteiger partial charge in [-0.2, -0.15) is 0 Å². The summed E-state index contributed by atoms with van der Waals surface area (Å²) in [6.07, 6.45) is 10.9. The van der Waals surface area contributed by atoms with Crippen molar-refractivity contribution in [2.75, 3.05) is 0 Å². The molecule has 0 aliphatic heterocycles. The van der Waals surface area contributed by atoms with Gasteiger partial charge in [-0.05, 0) is 80.2 Å². The molecule has 0 fully saturated rings. The minimum absolute atomic E-state index is 0.0646. The first-order valence-corrected chi connectivity index (χ1v) is 8.07. The van der Waals surface area contributed by atoms with E-state index < -0.39 is 0 Å². The maximum atomic E-state index is 12.0. The number of rotatable bonds is 0. The van der Waals surface area contributed by atoms with E-state index in [1.165, 1.54) is 22.3 Å². The maximum absolute atomic E-state index is 12.0. The van der Waals surface area contributed by atoms with E-state index >= 15 is 0 Å². The third-order valence-corrected chi connectivity index (χ3v) is 6.06. The first-order valence-electron chi connectivity index (χ1n) is 8.07. The maximum Gasteiger partial charge on any atom is 0.181 e. The van der Waals surface area contributed by atoms with Crippen LogP contribution in [0.3, 0.4) is 0 Å². The standard InChI is InChI=1S/C19H22O2/c1-11-16-6-4-14-15-10-13(20)9-12(15)3-5-17(14)19(16,2)8-7-18(11)21/h7-8,10,12-13,20H,3-6,9H2,1-2H3. The van der Waals surface area contributed by atoms with Gasteiger partial charge in [0.05, 0.1) is 6.10 Å². The van der Waals surface area contributed by atoms with Crippen LogP contribution < -0.4 is 0 Å². The molecule has 0 radical (unpaired) electrons. The Kier molecular flexibility index (Phi) is 2.71. The summed E-state index contributed by atoms with van der Waals surface area (Å²) >= 11 is 0. The highest BCUT2D eigenvalue weighted by molar-refractivity contribution is 6.05. The molecule has 0 amide bonds. The van der Waals surface area contributed by atoms with Crippen molar-refractivity contribution >= 4 is 5.78 Å². The van der Waals surface area contributed by atoms with Crippen molar-refractivity contribution in [3.63, 3.8) is 0 Å². The Bertz CT molecular complexity index is 659. The lowest BCUT2D eigenvalue weighted by Crippen LogP contribution is -2.32. The lowest BCUT2D eigenvalue weighted by atomic mass is 9.59. The van der Waals surface area contributed by atoms with Crippen LogP contribution in [0.2, 0.25) is 0 Å². The Morgan fingerprint density at radius 2 is 2.05 bits per heavy atom. The van der Waals surface area contributed by atoms with Gasteiger partial charge in [0, 0.05) is 5.41 Å². The third-order valence-electron chi connectivity index (χ3n) is 6.06. The lowest BCUT2D eigenvalue weighted by molar-refractivity contribution is -0.111. The highest BCUT2D eigenvalue weighted by Gasteiger charge is 2.44.